The van der Waals surface area contributed by atoms with Gasteiger partial charge >= 0.3 is 0 Å². The highest BCUT2D eigenvalue weighted by molar-refractivity contribution is 5.45. The van der Waals surface area contributed by atoms with Gasteiger partial charge in [0.2, 0.25) is 0 Å². The largest absolute Gasteiger partial charge is 0.396 e. The summed E-state index contributed by atoms with van der Waals surface area (Å²) in [6.45, 7) is 7.60. The lowest BCUT2D eigenvalue weighted by molar-refractivity contribution is 0.623. The molecule has 0 unspecified atom stereocenters. The highest BCUT2D eigenvalue weighted by atomic mass is 19.1. The molecule has 0 atom stereocenters. The van der Waals surface area contributed by atoms with Gasteiger partial charge in [-0.15, -0.1) is 0 Å². The van der Waals surface area contributed by atoms with Crippen LogP contribution < -0.4 is 5.73 Å². The molecule has 68 valence electrons. The predicted molar refractivity (Wildman–Crippen MR) is 51.6 cm³/mol. The summed E-state index contributed by atoms with van der Waals surface area (Å²) in [7, 11) is 0. The van der Waals surface area contributed by atoms with Crippen LogP contribution in [0.2, 0.25) is 0 Å². The molecule has 12 heavy (non-hydrogen) atoms. The summed E-state index contributed by atoms with van der Waals surface area (Å²) >= 11 is 0. The van der Waals surface area contributed by atoms with Gasteiger partial charge in [0.25, 0.3) is 0 Å². The third kappa shape index (κ3) is 2.53. The zero-order chi connectivity index (χ0) is 9.72. The van der Waals surface area contributed by atoms with Crippen LogP contribution in [0.5, 0.6) is 0 Å². The molecule has 0 aliphatic heterocycles. The van der Waals surface area contributed by atoms with Crippen LogP contribution in [0.25, 0.3) is 0 Å². The van der Waals surface area contributed by atoms with E-state index in [0.717, 1.165) is 5.56 Å². The monoisotopic (exact) mass is 169 g/mol. The van der Waals surface area contributed by atoms with Gasteiger partial charge in [-0.2, -0.15) is 0 Å². The Balaban J connectivity index is 0.000000561. The zero-order valence-corrected chi connectivity index (χ0v) is 8.11. The van der Waals surface area contributed by atoms with Crippen LogP contribution in [0.3, 0.4) is 0 Å². The third-order valence-electron chi connectivity index (χ3n) is 1.43. The molecule has 0 spiro atoms. The van der Waals surface area contributed by atoms with Crippen molar-refractivity contribution in [3.8, 4) is 0 Å². The van der Waals surface area contributed by atoms with Crippen LogP contribution in [-0.2, 0) is 0 Å². The minimum atomic E-state index is -0.300. The maximum atomic E-state index is 12.8. The van der Waals surface area contributed by atoms with Crippen molar-refractivity contribution in [2.75, 3.05) is 5.73 Å². The summed E-state index contributed by atoms with van der Waals surface area (Å²) in [5.74, 6) is -0.300. The van der Waals surface area contributed by atoms with Crippen molar-refractivity contribution in [3.63, 3.8) is 0 Å². The smallest absolute Gasteiger partial charge is 0.148 e. The van der Waals surface area contributed by atoms with Gasteiger partial charge in [-0.1, -0.05) is 19.9 Å². The fraction of sp³-hybridized carbons (Fsp3) is 0.400. The summed E-state index contributed by atoms with van der Waals surface area (Å²) in [6.07, 6.45) is 0. The highest BCUT2D eigenvalue weighted by Gasteiger charge is 2.00. The van der Waals surface area contributed by atoms with Crippen LogP contribution in [0, 0.1) is 19.7 Å². The Hall–Kier alpha value is -1.05. The second-order valence-corrected chi connectivity index (χ2v) is 2.49. The molecule has 0 aliphatic rings. The molecule has 0 aliphatic carbocycles. The summed E-state index contributed by atoms with van der Waals surface area (Å²) in [5.41, 5.74) is 7.19. The second-order valence-electron chi connectivity index (χ2n) is 2.49. The zero-order valence-electron chi connectivity index (χ0n) is 8.11. The molecule has 1 nitrogen and oxygen atoms in total. The van der Waals surface area contributed by atoms with Gasteiger partial charge in [-0.25, -0.2) is 4.39 Å². The van der Waals surface area contributed by atoms with E-state index in [1.807, 2.05) is 20.8 Å². The molecule has 0 aromatic heterocycles. The van der Waals surface area contributed by atoms with Crippen molar-refractivity contribution in [1.82, 2.24) is 0 Å². The second kappa shape index (κ2) is 4.75. The number of halogens is 1. The highest BCUT2D eigenvalue weighted by Crippen LogP contribution is 2.15. The molecule has 0 saturated carbocycles. The van der Waals surface area contributed by atoms with Gasteiger partial charge < -0.3 is 5.73 Å². The molecular weight excluding hydrogens is 153 g/mol. The molecule has 0 heterocycles. The maximum absolute atomic E-state index is 12.8. The van der Waals surface area contributed by atoms with Crippen molar-refractivity contribution in [2.45, 2.75) is 27.7 Å². The number of aryl methyl sites for hydroxylation is 2. The number of hydrogen-bond donors (Lipinski definition) is 1. The van der Waals surface area contributed by atoms with Gasteiger partial charge in [0.05, 0.1) is 5.69 Å². The predicted octanol–water partition coefficient (Wildman–Crippen LogP) is 3.05. The Bertz CT molecular complexity index is 233. The summed E-state index contributed by atoms with van der Waals surface area (Å²) in [6, 6.07) is 3.40. The Kier molecular flexibility index (Phi) is 4.34. The standard InChI is InChI=1S/C8H10FN.C2H6/c1-5-3-6(2)8(9)7(10)4-5;1-2/h3-4H,10H2,1-2H3;1-2H3. The minimum Gasteiger partial charge on any atom is -0.396 e. The number of anilines is 1. The molecule has 0 saturated heterocycles. The lowest BCUT2D eigenvalue weighted by Gasteiger charge is -2.01. The maximum Gasteiger partial charge on any atom is 0.148 e. The Morgan fingerprint density at radius 3 is 2.08 bits per heavy atom. The summed E-state index contributed by atoms with van der Waals surface area (Å²) < 4.78 is 12.8. The van der Waals surface area contributed by atoms with Gasteiger partial charge in [0, 0.05) is 0 Å². The van der Waals surface area contributed by atoms with Crippen molar-refractivity contribution < 1.29 is 4.39 Å². The number of hydrogen-bond acceptors (Lipinski definition) is 1. The van der Waals surface area contributed by atoms with Crippen LogP contribution in [0.1, 0.15) is 25.0 Å². The lowest BCUT2D eigenvalue weighted by atomic mass is 10.1. The summed E-state index contributed by atoms with van der Waals surface area (Å²) in [4.78, 5) is 0. The molecule has 2 heteroatoms. The molecule has 1 rings (SSSR count). The Morgan fingerprint density at radius 1 is 1.17 bits per heavy atom. The van der Waals surface area contributed by atoms with E-state index in [4.69, 9.17) is 5.73 Å². The first-order chi connectivity index (χ1) is 5.61. The average molecular weight is 169 g/mol. The first kappa shape index (κ1) is 11.0. The van der Waals surface area contributed by atoms with Gasteiger partial charge in [-0.3, -0.25) is 0 Å². The van der Waals surface area contributed by atoms with Gasteiger partial charge in [0.1, 0.15) is 5.82 Å². The molecule has 0 radical (unpaired) electrons. The van der Waals surface area contributed by atoms with E-state index in [2.05, 4.69) is 0 Å². The van der Waals surface area contributed by atoms with Crippen LogP contribution in [0.15, 0.2) is 12.1 Å². The van der Waals surface area contributed by atoms with Gasteiger partial charge in [-0.05, 0) is 31.0 Å². The van der Waals surface area contributed by atoms with Crippen molar-refractivity contribution in [2.24, 2.45) is 0 Å². The first-order valence-electron chi connectivity index (χ1n) is 4.13. The lowest BCUT2D eigenvalue weighted by Crippen LogP contribution is -1.93. The number of nitrogens with two attached hydrogens (primary N) is 1. The first-order valence-corrected chi connectivity index (χ1v) is 4.13. The minimum absolute atomic E-state index is 0.234. The van der Waals surface area contributed by atoms with Crippen molar-refractivity contribution >= 4 is 5.69 Å². The van der Waals surface area contributed by atoms with Gasteiger partial charge in [0.15, 0.2) is 0 Å². The van der Waals surface area contributed by atoms with E-state index in [1.165, 1.54) is 0 Å². The molecule has 0 fully saturated rings. The third-order valence-corrected chi connectivity index (χ3v) is 1.43. The normalized spacial score (nSPS) is 8.75. The molecule has 0 amide bonds. The Labute approximate surface area is 73.4 Å². The van der Waals surface area contributed by atoms with Crippen LogP contribution in [-0.4, -0.2) is 0 Å². The van der Waals surface area contributed by atoms with E-state index in [9.17, 15) is 4.39 Å². The van der Waals surface area contributed by atoms with Crippen molar-refractivity contribution in [3.05, 3.63) is 29.1 Å². The van der Waals surface area contributed by atoms with Crippen molar-refractivity contribution in [1.29, 1.82) is 0 Å². The average Bonchev–Trinajstić information content (AvgIpc) is 2.04. The molecule has 1 aromatic rings. The van der Waals surface area contributed by atoms with E-state index < -0.39 is 0 Å². The molecular formula is C10H16FN. The fourth-order valence-electron chi connectivity index (χ4n) is 0.983. The van der Waals surface area contributed by atoms with E-state index >= 15 is 0 Å². The van der Waals surface area contributed by atoms with E-state index in [0.29, 0.717) is 5.56 Å². The molecule has 1 aromatic carbocycles. The summed E-state index contributed by atoms with van der Waals surface area (Å²) in [5, 5.41) is 0. The quantitative estimate of drug-likeness (QED) is 0.593. The van der Waals surface area contributed by atoms with E-state index in [-0.39, 0.29) is 11.5 Å². The topological polar surface area (TPSA) is 26.0 Å². The molecule has 2 N–H and O–H groups in total. The fourth-order valence-corrected chi connectivity index (χ4v) is 0.983. The number of benzene rings is 1. The van der Waals surface area contributed by atoms with E-state index in [1.54, 1.807) is 19.1 Å². The molecule has 0 bridgehead atoms. The number of rotatable bonds is 0. The van der Waals surface area contributed by atoms with Crippen LogP contribution >= 0.6 is 0 Å². The Morgan fingerprint density at radius 2 is 1.67 bits per heavy atom. The SMILES string of the molecule is CC.Cc1cc(C)c(F)c(N)c1. The van der Waals surface area contributed by atoms with Crippen LogP contribution in [0.4, 0.5) is 10.1 Å². The number of nitrogen functional groups attached to an aromatic ring is 1.